The fourth-order valence-electron chi connectivity index (χ4n) is 6.98. The number of benzene rings is 2. The monoisotopic (exact) mass is 600 g/mol. The first kappa shape index (κ1) is 29.4. The van der Waals surface area contributed by atoms with Crippen molar-refractivity contribution in [3.05, 3.63) is 83.9 Å². The van der Waals surface area contributed by atoms with E-state index >= 15 is 0 Å². The number of amides is 4. The lowest BCUT2D eigenvalue weighted by molar-refractivity contribution is -0.158. The molecule has 3 fully saturated rings. The van der Waals surface area contributed by atoms with Gasteiger partial charge in [-0.05, 0) is 24.0 Å². The van der Waals surface area contributed by atoms with Crippen LogP contribution in [-0.4, -0.2) is 70.9 Å². The summed E-state index contributed by atoms with van der Waals surface area (Å²) in [6.45, 7) is -1.21. The highest BCUT2D eigenvalue weighted by Gasteiger charge is 2.68. The molecule has 0 radical (unpaired) electrons. The van der Waals surface area contributed by atoms with Crippen molar-refractivity contribution in [3.63, 3.8) is 0 Å². The largest absolute Gasteiger partial charge is 0.443 e. The molecule has 2 unspecified atom stereocenters. The van der Waals surface area contributed by atoms with Gasteiger partial charge in [0.2, 0.25) is 23.6 Å². The van der Waals surface area contributed by atoms with Crippen LogP contribution in [0.3, 0.4) is 0 Å². The van der Waals surface area contributed by atoms with E-state index in [0.29, 0.717) is 0 Å². The number of likely N-dealkylation sites (tertiary alicyclic amines) is 2. The van der Waals surface area contributed by atoms with Crippen LogP contribution in [0.4, 0.5) is 0 Å². The van der Waals surface area contributed by atoms with Crippen LogP contribution in [-0.2, 0) is 51.1 Å². The van der Waals surface area contributed by atoms with E-state index in [1.807, 2.05) is 60.7 Å². The summed E-state index contributed by atoms with van der Waals surface area (Å²) in [7, 11) is 0. The van der Waals surface area contributed by atoms with Gasteiger partial charge in [-0.15, -0.1) is 0 Å². The van der Waals surface area contributed by atoms with E-state index in [0.717, 1.165) is 20.9 Å². The average molecular weight is 601 g/mol. The summed E-state index contributed by atoms with van der Waals surface area (Å²) < 4.78 is 10.5. The molecule has 1 saturated carbocycles. The maximum atomic E-state index is 13.5. The molecule has 4 amide bonds. The van der Waals surface area contributed by atoms with Crippen molar-refractivity contribution >= 4 is 35.6 Å². The number of rotatable bonds is 10. The van der Waals surface area contributed by atoms with E-state index in [1.54, 1.807) is 12.2 Å². The van der Waals surface area contributed by atoms with Crippen LogP contribution in [0.25, 0.3) is 0 Å². The molecular weight excluding hydrogens is 568 g/mol. The van der Waals surface area contributed by atoms with Gasteiger partial charge >= 0.3 is 11.9 Å². The van der Waals surface area contributed by atoms with Crippen LogP contribution >= 0.6 is 0 Å². The molecule has 44 heavy (non-hydrogen) atoms. The number of carbonyl (C=O) groups excluding carboxylic acids is 6. The molecule has 12 heteroatoms. The van der Waals surface area contributed by atoms with E-state index < -0.39 is 96.6 Å². The van der Waals surface area contributed by atoms with E-state index in [-0.39, 0.29) is 12.8 Å². The highest BCUT2D eigenvalue weighted by atomic mass is 16.6. The zero-order valence-corrected chi connectivity index (χ0v) is 23.7. The summed E-state index contributed by atoms with van der Waals surface area (Å²) in [4.78, 5) is 80.7. The van der Waals surface area contributed by atoms with Gasteiger partial charge in [0.15, 0.2) is 13.5 Å². The molecule has 8 atom stereocenters. The molecule has 2 heterocycles. The lowest BCUT2D eigenvalue weighted by atomic mass is 9.54. The Morgan fingerprint density at radius 3 is 1.23 bits per heavy atom. The molecule has 2 saturated heterocycles. The van der Waals surface area contributed by atoms with Crippen LogP contribution in [0.15, 0.2) is 72.8 Å². The summed E-state index contributed by atoms with van der Waals surface area (Å²) in [5, 5.41) is 0. The maximum absolute atomic E-state index is 13.5. The van der Waals surface area contributed by atoms with Crippen molar-refractivity contribution in [2.24, 2.45) is 47.0 Å². The number of allylic oxidation sites excluding steroid dienone is 2. The zero-order chi connectivity index (χ0) is 31.1. The number of carbonyl (C=O) groups is 6. The third-order valence-corrected chi connectivity index (χ3v) is 9.07. The van der Waals surface area contributed by atoms with Crippen molar-refractivity contribution < 1.29 is 38.2 Å². The first-order valence-electron chi connectivity index (χ1n) is 14.5. The molecule has 2 aromatic carbocycles. The Labute approximate surface area is 252 Å². The Hall–Kier alpha value is -4.68. The summed E-state index contributed by atoms with van der Waals surface area (Å²) in [6, 6.07) is 16.2. The number of nitrogens with zero attached hydrogens (tertiary/aromatic N) is 2. The van der Waals surface area contributed by atoms with Crippen molar-refractivity contribution in [1.82, 2.24) is 9.80 Å². The van der Waals surface area contributed by atoms with Gasteiger partial charge < -0.3 is 20.9 Å². The third kappa shape index (κ3) is 5.09. The van der Waals surface area contributed by atoms with E-state index in [2.05, 4.69) is 0 Å². The number of ether oxygens (including phenoxy) is 2. The maximum Gasteiger partial charge on any atom is 0.324 e. The second kappa shape index (κ2) is 11.8. The van der Waals surface area contributed by atoms with Crippen LogP contribution in [0.5, 0.6) is 0 Å². The lowest BCUT2D eigenvalue weighted by Gasteiger charge is -2.44. The fourth-order valence-corrected chi connectivity index (χ4v) is 6.98. The molecule has 228 valence electrons. The van der Waals surface area contributed by atoms with Gasteiger partial charge in [-0.2, -0.15) is 0 Å². The minimum atomic E-state index is -0.993. The summed E-state index contributed by atoms with van der Waals surface area (Å²) >= 11 is 0. The number of hydrogen-bond donors (Lipinski definition) is 2. The van der Waals surface area contributed by atoms with Crippen LogP contribution in [0.2, 0.25) is 0 Å². The van der Waals surface area contributed by atoms with Crippen LogP contribution < -0.4 is 11.5 Å². The van der Waals surface area contributed by atoms with Gasteiger partial charge in [0.05, 0.1) is 23.7 Å². The number of imide groups is 2. The fraction of sp³-hybridized carbons (Fsp3) is 0.375. The normalized spacial score (nSPS) is 28.1. The second-order valence-corrected chi connectivity index (χ2v) is 11.6. The molecule has 2 bridgehead atoms. The number of esters is 2. The minimum Gasteiger partial charge on any atom is -0.443 e. The van der Waals surface area contributed by atoms with Crippen molar-refractivity contribution in [2.45, 2.75) is 24.9 Å². The third-order valence-electron chi connectivity index (χ3n) is 9.07. The Balaban J connectivity index is 1.09. The number of hydrogen-bond acceptors (Lipinski definition) is 10. The van der Waals surface area contributed by atoms with Gasteiger partial charge in [0.1, 0.15) is 12.1 Å². The smallest absolute Gasteiger partial charge is 0.324 e. The molecule has 2 aliphatic heterocycles. The van der Waals surface area contributed by atoms with E-state index in [4.69, 9.17) is 20.9 Å². The first-order chi connectivity index (χ1) is 21.2. The van der Waals surface area contributed by atoms with Gasteiger partial charge in [0.25, 0.3) is 0 Å². The Kier molecular flexibility index (Phi) is 7.87. The van der Waals surface area contributed by atoms with Crippen LogP contribution in [0, 0.1) is 35.5 Å². The van der Waals surface area contributed by atoms with Gasteiger partial charge in [-0.1, -0.05) is 72.8 Å². The molecule has 0 spiro atoms. The predicted octanol–water partition coefficient (Wildman–Crippen LogP) is 0.146. The van der Waals surface area contributed by atoms with Gasteiger partial charge in [-0.25, -0.2) is 9.80 Å². The van der Waals surface area contributed by atoms with E-state index in [1.165, 1.54) is 0 Å². The zero-order valence-electron chi connectivity index (χ0n) is 23.7. The SMILES string of the molecule is N[C@H](Cc1ccccc1)C(=O)OCN1C(=O)[C@@H]2C3C=CC([C@H]2C1=O)[C@@H]1C(=O)N(COC(=O)[C@H](N)Cc2ccccc2)C(=O)[C@@H]31. The topological polar surface area (TPSA) is 179 Å². The highest BCUT2D eigenvalue weighted by molar-refractivity contribution is 6.10. The highest BCUT2D eigenvalue weighted by Crippen LogP contribution is 2.57. The van der Waals surface area contributed by atoms with Crippen molar-refractivity contribution in [3.8, 4) is 0 Å². The molecule has 2 aromatic rings. The molecule has 4 N–H and O–H groups in total. The van der Waals surface area contributed by atoms with Crippen molar-refractivity contribution in [1.29, 1.82) is 0 Å². The van der Waals surface area contributed by atoms with Gasteiger partial charge in [0, 0.05) is 11.8 Å². The van der Waals surface area contributed by atoms with Crippen molar-refractivity contribution in [2.75, 3.05) is 13.5 Å². The Bertz CT molecular complexity index is 1370. The summed E-state index contributed by atoms with van der Waals surface area (Å²) in [5.74, 6) is -8.76. The average Bonchev–Trinajstić information content (AvgIpc) is 3.45. The standard InChI is InChI=1S/C32H32N4O8/c33-21(13-17-7-3-1-4-8-17)31(41)43-15-35-27(37)23-19-11-12-20(24(23)28(35)38)26-25(19)29(39)36(30(26)40)16-44-32(42)22(34)14-18-9-5-2-6-10-18/h1-12,19-26H,13-16,33-34H2/t19?,20?,21-,22-,23-,24-,25+,26+/m1/s1. The van der Waals surface area contributed by atoms with Crippen LogP contribution in [0.1, 0.15) is 11.1 Å². The molecule has 0 aromatic heterocycles. The quantitative estimate of drug-likeness (QED) is 0.217. The first-order valence-corrected chi connectivity index (χ1v) is 14.5. The lowest BCUT2D eigenvalue weighted by Crippen LogP contribution is -2.50. The predicted molar refractivity (Wildman–Crippen MR) is 152 cm³/mol. The summed E-state index contributed by atoms with van der Waals surface area (Å²) in [6.07, 6.45) is 3.86. The second-order valence-electron chi connectivity index (χ2n) is 11.6. The molecular formula is C32H32N4O8. The molecule has 3 aliphatic carbocycles. The Morgan fingerprint density at radius 1 is 0.591 bits per heavy atom. The number of nitrogens with two attached hydrogens (primary N) is 2. The Morgan fingerprint density at radius 2 is 0.909 bits per heavy atom. The van der Waals surface area contributed by atoms with Gasteiger partial charge in [-0.3, -0.25) is 28.8 Å². The molecule has 5 aliphatic rings. The minimum absolute atomic E-state index is 0.221. The summed E-state index contributed by atoms with van der Waals surface area (Å²) in [5.41, 5.74) is 13.6. The molecule has 7 rings (SSSR count). The molecule has 12 nitrogen and oxygen atoms in total. The van der Waals surface area contributed by atoms with E-state index in [9.17, 15) is 28.8 Å².